The van der Waals surface area contributed by atoms with E-state index in [1.165, 1.54) is 11.3 Å². The van der Waals surface area contributed by atoms with Crippen molar-refractivity contribution in [3.05, 3.63) is 16.6 Å². The molecule has 2 amide bonds. The third-order valence-corrected chi connectivity index (χ3v) is 5.55. The first-order chi connectivity index (χ1) is 11.5. The van der Waals surface area contributed by atoms with Gasteiger partial charge in [-0.25, -0.2) is 0 Å². The SMILES string of the molecule is Cc1nn(C)c2sc(C(=O)NC(C)C(=O)NC3CCNCC3)cc12. The number of amides is 2. The smallest absolute Gasteiger partial charge is 0.262 e. The van der Waals surface area contributed by atoms with Crippen LogP contribution in [-0.2, 0) is 11.8 Å². The van der Waals surface area contributed by atoms with Crippen LogP contribution < -0.4 is 16.0 Å². The van der Waals surface area contributed by atoms with Gasteiger partial charge in [0.1, 0.15) is 10.9 Å². The molecule has 0 saturated carbocycles. The Kier molecular flexibility index (Phi) is 4.86. The maximum absolute atomic E-state index is 12.4. The lowest BCUT2D eigenvalue weighted by Crippen LogP contribution is -2.50. The van der Waals surface area contributed by atoms with Crippen molar-refractivity contribution in [2.75, 3.05) is 13.1 Å². The van der Waals surface area contributed by atoms with Gasteiger partial charge in [-0.05, 0) is 45.8 Å². The fourth-order valence-electron chi connectivity index (χ4n) is 2.94. The largest absolute Gasteiger partial charge is 0.351 e. The first-order valence-electron chi connectivity index (χ1n) is 8.21. The number of aromatic nitrogens is 2. The molecule has 0 bridgehead atoms. The van der Waals surface area contributed by atoms with Crippen molar-refractivity contribution in [2.24, 2.45) is 7.05 Å². The maximum Gasteiger partial charge on any atom is 0.262 e. The van der Waals surface area contributed by atoms with Gasteiger partial charge in [0.15, 0.2) is 0 Å². The molecule has 0 spiro atoms. The maximum atomic E-state index is 12.4. The lowest BCUT2D eigenvalue weighted by Gasteiger charge is -2.25. The highest BCUT2D eigenvalue weighted by Crippen LogP contribution is 2.27. The summed E-state index contributed by atoms with van der Waals surface area (Å²) in [5.41, 5.74) is 0.902. The van der Waals surface area contributed by atoms with E-state index < -0.39 is 6.04 Å². The summed E-state index contributed by atoms with van der Waals surface area (Å²) in [4.78, 5) is 26.2. The zero-order valence-corrected chi connectivity index (χ0v) is 15.0. The fourth-order valence-corrected chi connectivity index (χ4v) is 3.97. The number of carbonyl (C=O) groups excluding carboxylic acids is 2. The van der Waals surface area contributed by atoms with Crippen LogP contribution in [0.15, 0.2) is 6.07 Å². The molecule has 3 rings (SSSR count). The number of nitrogens with one attached hydrogen (secondary N) is 3. The number of piperidine rings is 1. The molecular formula is C16H23N5O2S. The third kappa shape index (κ3) is 3.44. The Morgan fingerprint density at radius 1 is 1.42 bits per heavy atom. The van der Waals surface area contributed by atoms with E-state index in [1.807, 2.05) is 20.0 Å². The van der Waals surface area contributed by atoms with E-state index in [9.17, 15) is 9.59 Å². The number of carbonyl (C=O) groups is 2. The quantitative estimate of drug-likeness (QED) is 0.766. The van der Waals surface area contributed by atoms with Crippen LogP contribution in [0.1, 0.15) is 35.1 Å². The number of hydrogen-bond donors (Lipinski definition) is 3. The number of thiophene rings is 1. The zero-order valence-electron chi connectivity index (χ0n) is 14.2. The van der Waals surface area contributed by atoms with Crippen LogP contribution in [-0.4, -0.2) is 46.8 Å². The molecule has 2 aromatic heterocycles. The minimum Gasteiger partial charge on any atom is -0.351 e. The Balaban J connectivity index is 1.62. The summed E-state index contributed by atoms with van der Waals surface area (Å²) in [7, 11) is 1.86. The van der Waals surface area contributed by atoms with Crippen LogP contribution in [0.5, 0.6) is 0 Å². The first-order valence-corrected chi connectivity index (χ1v) is 9.02. The molecular weight excluding hydrogens is 326 g/mol. The van der Waals surface area contributed by atoms with E-state index in [4.69, 9.17) is 0 Å². The topological polar surface area (TPSA) is 88.0 Å². The van der Waals surface area contributed by atoms with Gasteiger partial charge in [-0.15, -0.1) is 11.3 Å². The van der Waals surface area contributed by atoms with Crippen LogP contribution in [0.4, 0.5) is 0 Å². The highest BCUT2D eigenvalue weighted by molar-refractivity contribution is 7.20. The van der Waals surface area contributed by atoms with Gasteiger partial charge >= 0.3 is 0 Å². The van der Waals surface area contributed by atoms with Crippen LogP contribution >= 0.6 is 11.3 Å². The highest BCUT2D eigenvalue weighted by Gasteiger charge is 2.22. The van der Waals surface area contributed by atoms with E-state index >= 15 is 0 Å². The van der Waals surface area contributed by atoms with Crippen molar-refractivity contribution >= 4 is 33.4 Å². The molecule has 3 N–H and O–H groups in total. The normalized spacial score (nSPS) is 17.0. The second kappa shape index (κ2) is 6.90. The van der Waals surface area contributed by atoms with Crippen molar-refractivity contribution in [1.82, 2.24) is 25.7 Å². The van der Waals surface area contributed by atoms with Gasteiger partial charge in [0.25, 0.3) is 5.91 Å². The molecule has 1 aliphatic rings. The lowest BCUT2D eigenvalue weighted by molar-refractivity contribution is -0.123. The predicted molar refractivity (Wildman–Crippen MR) is 94.3 cm³/mol. The van der Waals surface area contributed by atoms with E-state index in [-0.39, 0.29) is 17.9 Å². The molecule has 1 saturated heterocycles. The van der Waals surface area contributed by atoms with Crippen molar-refractivity contribution in [3.8, 4) is 0 Å². The zero-order chi connectivity index (χ0) is 17.3. The monoisotopic (exact) mass is 349 g/mol. The first kappa shape index (κ1) is 16.9. The minimum absolute atomic E-state index is 0.130. The van der Waals surface area contributed by atoms with E-state index in [2.05, 4.69) is 21.0 Å². The summed E-state index contributed by atoms with van der Waals surface area (Å²) in [5, 5.41) is 14.4. The van der Waals surface area contributed by atoms with Gasteiger partial charge in [0.05, 0.1) is 10.6 Å². The van der Waals surface area contributed by atoms with E-state index in [1.54, 1.807) is 11.6 Å². The van der Waals surface area contributed by atoms with Crippen molar-refractivity contribution in [3.63, 3.8) is 0 Å². The van der Waals surface area contributed by atoms with Crippen LogP contribution in [0, 0.1) is 6.92 Å². The Hall–Kier alpha value is -1.93. The summed E-state index contributed by atoms with van der Waals surface area (Å²) in [6.45, 7) is 5.47. The number of fused-ring (bicyclic) bond motifs is 1. The van der Waals surface area contributed by atoms with Crippen LogP contribution in [0.3, 0.4) is 0 Å². The Morgan fingerprint density at radius 3 is 2.79 bits per heavy atom. The standard InChI is InChI=1S/C16H23N5O2S/c1-9-12-8-13(24-16(12)21(3)20-9)15(23)18-10(2)14(22)19-11-4-6-17-7-5-11/h8,10-11,17H,4-7H2,1-3H3,(H,18,23)(H,19,22). The molecule has 7 nitrogen and oxygen atoms in total. The van der Waals surface area contributed by atoms with Crippen molar-refractivity contribution in [1.29, 1.82) is 0 Å². The molecule has 1 fully saturated rings. The summed E-state index contributed by atoms with van der Waals surface area (Å²) in [6, 6.07) is 1.47. The average molecular weight is 349 g/mol. The summed E-state index contributed by atoms with van der Waals surface area (Å²) < 4.78 is 1.78. The van der Waals surface area contributed by atoms with Crippen LogP contribution in [0.25, 0.3) is 10.2 Å². The van der Waals surface area contributed by atoms with Gasteiger partial charge < -0.3 is 16.0 Å². The van der Waals surface area contributed by atoms with Gasteiger partial charge in [0.2, 0.25) is 5.91 Å². The number of nitrogens with zero attached hydrogens (tertiary/aromatic N) is 2. The number of aryl methyl sites for hydroxylation is 2. The predicted octanol–water partition coefficient (Wildman–Crippen LogP) is 0.930. The molecule has 1 atom stereocenters. The Bertz CT molecular complexity index is 725. The molecule has 24 heavy (non-hydrogen) atoms. The summed E-state index contributed by atoms with van der Waals surface area (Å²) in [5.74, 6) is -0.349. The molecule has 1 unspecified atom stereocenters. The lowest BCUT2D eigenvalue weighted by atomic mass is 10.1. The Labute approximate surface area is 144 Å². The van der Waals surface area contributed by atoms with Gasteiger partial charge in [-0.2, -0.15) is 5.10 Å². The Morgan fingerprint density at radius 2 is 2.12 bits per heavy atom. The minimum atomic E-state index is -0.559. The van der Waals surface area contributed by atoms with Gasteiger partial charge in [-0.3, -0.25) is 14.3 Å². The van der Waals surface area contributed by atoms with Crippen molar-refractivity contribution in [2.45, 2.75) is 38.8 Å². The number of rotatable bonds is 4. The van der Waals surface area contributed by atoms with Gasteiger partial charge in [-0.1, -0.05) is 0 Å². The molecule has 3 heterocycles. The number of hydrogen-bond acceptors (Lipinski definition) is 5. The molecule has 0 radical (unpaired) electrons. The van der Waals surface area contributed by atoms with E-state index in [0.29, 0.717) is 4.88 Å². The molecule has 1 aliphatic heterocycles. The second-order valence-electron chi connectivity index (χ2n) is 6.27. The van der Waals surface area contributed by atoms with Gasteiger partial charge in [0, 0.05) is 18.5 Å². The summed E-state index contributed by atoms with van der Waals surface area (Å²) >= 11 is 1.39. The molecule has 8 heteroatoms. The van der Waals surface area contributed by atoms with Crippen molar-refractivity contribution < 1.29 is 9.59 Å². The second-order valence-corrected chi connectivity index (χ2v) is 7.30. The summed E-state index contributed by atoms with van der Waals surface area (Å²) in [6.07, 6.45) is 1.85. The highest BCUT2D eigenvalue weighted by atomic mass is 32.1. The van der Waals surface area contributed by atoms with E-state index in [0.717, 1.165) is 41.8 Å². The third-order valence-electron chi connectivity index (χ3n) is 4.35. The average Bonchev–Trinajstić information content (AvgIpc) is 3.10. The molecule has 0 aromatic carbocycles. The molecule has 130 valence electrons. The fraction of sp³-hybridized carbons (Fsp3) is 0.562. The van der Waals surface area contributed by atoms with Crippen LogP contribution in [0.2, 0.25) is 0 Å². The molecule has 2 aromatic rings. The molecule has 0 aliphatic carbocycles.